The molecule has 0 saturated heterocycles. The quantitative estimate of drug-likeness (QED) is 0.849. The lowest BCUT2D eigenvalue weighted by molar-refractivity contribution is -0.117. The van der Waals surface area contributed by atoms with Gasteiger partial charge in [-0.05, 0) is 24.3 Å². The molecule has 126 valence electrons. The molecule has 0 spiro atoms. The van der Waals surface area contributed by atoms with Crippen LogP contribution in [0.3, 0.4) is 0 Å². The van der Waals surface area contributed by atoms with Crippen molar-refractivity contribution in [2.45, 2.75) is 18.7 Å². The molecule has 1 heterocycles. The number of amides is 1. The first-order chi connectivity index (χ1) is 11.0. The molecule has 0 atom stereocenters. The van der Waals surface area contributed by atoms with Gasteiger partial charge in [0.25, 0.3) is 5.91 Å². The highest BCUT2D eigenvalue weighted by Crippen LogP contribution is 2.19. The maximum atomic E-state index is 12.4. The molecular formula is C15H20N2O5S. The minimum Gasteiger partial charge on any atom is -0.494 e. The van der Waals surface area contributed by atoms with Gasteiger partial charge in [0.05, 0.1) is 4.90 Å². The van der Waals surface area contributed by atoms with E-state index < -0.39 is 15.9 Å². The summed E-state index contributed by atoms with van der Waals surface area (Å²) in [6, 6.07) is 6.02. The van der Waals surface area contributed by atoms with Crippen LogP contribution in [0.2, 0.25) is 0 Å². The van der Waals surface area contributed by atoms with E-state index in [0.29, 0.717) is 32.0 Å². The number of nitrogens with one attached hydrogen (secondary N) is 1. The van der Waals surface area contributed by atoms with E-state index in [1.54, 1.807) is 26.0 Å². The lowest BCUT2D eigenvalue weighted by atomic mass is 10.3. The summed E-state index contributed by atoms with van der Waals surface area (Å²) in [6.45, 7) is 5.12. The maximum absolute atomic E-state index is 12.4. The predicted molar refractivity (Wildman–Crippen MR) is 85.2 cm³/mol. The van der Waals surface area contributed by atoms with Gasteiger partial charge in [0, 0.05) is 18.8 Å². The predicted octanol–water partition coefficient (Wildman–Crippen LogP) is 1.54. The van der Waals surface area contributed by atoms with Crippen molar-refractivity contribution in [3.63, 3.8) is 0 Å². The van der Waals surface area contributed by atoms with Crippen LogP contribution >= 0.6 is 0 Å². The van der Waals surface area contributed by atoms with E-state index >= 15 is 0 Å². The Balaban J connectivity index is 2.10. The number of anilines is 1. The monoisotopic (exact) mass is 340 g/mol. The average Bonchev–Trinajstić information content (AvgIpc) is 2.57. The van der Waals surface area contributed by atoms with Crippen LogP contribution in [-0.4, -0.2) is 44.9 Å². The Kier molecular flexibility index (Phi) is 5.62. The van der Waals surface area contributed by atoms with Crippen molar-refractivity contribution in [1.29, 1.82) is 0 Å². The second-order valence-corrected chi connectivity index (χ2v) is 6.71. The van der Waals surface area contributed by atoms with E-state index in [2.05, 4.69) is 5.32 Å². The fourth-order valence-electron chi connectivity index (χ4n) is 2.10. The lowest BCUT2D eigenvalue weighted by Gasteiger charge is -2.18. The molecule has 0 aliphatic carbocycles. The summed E-state index contributed by atoms with van der Waals surface area (Å²) in [5.41, 5.74) is 0.476. The van der Waals surface area contributed by atoms with Gasteiger partial charge < -0.3 is 14.8 Å². The van der Waals surface area contributed by atoms with E-state index in [1.165, 1.54) is 22.7 Å². The van der Waals surface area contributed by atoms with Gasteiger partial charge in [0.1, 0.15) is 19.5 Å². The third-order valence-electron chi connectivity index (χ3n) is 3.33. The van der Waals surface area contributed by atoms with Gasteiger partial charge in [-0.2, -0.15) is 4.31 Å². The molecule has 1 N–H and O–H groups in total. The second-order valence-electron chi connectivity index (χ2n) is 4.77. The molecule has 8 heteroatoms. The molecule has 0 fully saturated rings. The van der Waals surface area contributed by atoms with Crippen LogP contribution in [0.5, 0.6) is 0 Å². The Hall–Kier alpha value is -2.06. The van der Waals surface area contributed by atoms with Gasteiger partial charge in [0.15, 0.2) is 0 Å². The number of benzene rings is 1. The normalized spacial score (nSPS) is 14.7. The molecule has 7 nitrogen and oxygen atoms in total. The van der Waals surface area contributed by atoms with Crippen molar-refractivity contribution in [3.8, 4) is 0 Å². The molecule has 1 aromatic carbocycles. The highest BCUT2D eigenvalue weighted by molar-refractivity contribution is 7.89. The fraction of sp³-hybridized carbons (Fsp3) is 0.400. The summed E-state index contributed by atoms with van der Waals surface area (Å²) in [5.74, 6) is -0.347. The molecule has 0 saturated carbocycles. The zero-order valence-electron chi connectivity index (χ0n) is 13.1. The number of rotatable bonds is 6. The van der Waals surface area contributed by atoms with Crippen LogP contribution in [0.1, 0.15) is 13.8 Å². The van der Waals surface area contributed by atoms with Crippen molar-refractivity contribution in [1.82, 2.24) is 4.31 Å². The van der Waals surface area contributed by atoms with Crippen LogP contribution in [-0.2, 0) is 24.3 Å². The first-order valence-corrected chi connectivity index (χ1v) is 8.79. The van der Waals surface area contributed by atoms with Gasteiger partial charge >= 0.3 is 0 Å². The van der Waals surface area contributed by atoms with Crippen LogP contribution in [0.15, 0.2) is 41.2 Å². The van der Waals surface area contributed by atoms with Crippen LogP contribution < -0.4 is 5.32 Å². The highest BCUT2D eigenvalue weighted by Gasteiger charge is 2.21. The molecule has 0 radical (unpaired) electrons. The number of sulfonamides is 1. The van der Waals surface area contributed by atoms with Crippen molar-refractivity contribution >= 4 is 21.6 Å². The third kappa shape index (κ3) is 4.02. The molecule has 0 unspecified atom stereocenters. The Morgan fingerprint density at radius 2 is 1.83 bits per heavy atom. The van der Waals surface area contributed by atoms with Crippen molar-refractivity contribution in [2.24, 2.45) is 0 Å². The van der Waals surface area contributed by atoms with E-state index in [1.807, 2.05) is 0 Å². The van der Waals surface area contributed by atoms with Crippen molar-refractivity contribution < 1.29 is 22.7 Å². The molecule has 1 aliphatic heterocycles. The molecule has 0 bridgehead atoms. The number of hydrogen-bond acceptors (Lipinski definition) is 5. The lowest BCUT2D eigenvalue weighted by Crippen LogP contribution is -2.30. The van der Waals surface area contributed by atoms with Crippen LogP contribution in [0.25, 0.3) is 0 Å². The number of nitrogens with zero attached hydrogens (tertiary/aromatic N) is 1. The highest BCUT2D eigenvalue weighted by atomic mass is 32.2. The summed E-state index contributed by atoms with van der Waals surface area (Å²) < 4.78 is 36.3. The standard InChI is InChI=1S/C15H20N2O5S/c1-3-17(4-2)23(19,20)13-7-5-12(6-8-13)16-15(18)14-11-21-9-10-22-14/h5-8,11H,3-4,9-10H2,1-2H3,(H,16,18). The van der Waals surface area contributed by atoms with Gasteiger partial charge in [-0.3, -0.25) is 4.79 Å². The SMILES string of the molecule is CCN(CC)S(=O)(=O)c1ccc(NC(=O)C2=COCCO2)cc1. The minimum absolute atomic E-state index is 0.0936. The molecular weight excluding hydrogens is 320 g/mol. The average molecular weight is 340 g/mol. The molecule has 23 heavy (non-hydrogen) atoms. The van der Waals surface area contributed by atoms with Crippen LogP contribution in [0, 0.1) is 0 Å². The largest absolute Gasteiger partial charge is 0.494 e. The number of ether oxygens (including phenoxy) is 2. The smallest absolute Gasteiger partial charge is 0.294 e. The topological polar surface area (TPSA) is 84.9 Å². The van der Waals surface area contributed by atoms with Gasteiger partial charge in [0.2, 0.25) is 15.8 Å². The summed E-state index contributed by atoms with van der Waals surface area (Å²) >= 11 is 0. The van der Waals surface area contributed by atoms with E-state index in [4.69, 9.17) is 9.47 Å². The molecule has 1 aromatic rings. The second kappa shape index (κ2) is 7.47. The Bertz CT molecular complexity index is 678. The van der Waals surface area contributed by atoms with E-state index in [9.17, 15) is 13.2 Å². The van der Waals surface area contributed by atoms with Crippen molar-refractivity contribution in [3.05, 3.63) is 36.3 Å². The summed E-state index contributed by atoms with van der Waals surface area (Å²) in [4.78, 5) is 12.1. The first kappa shape index (κ1) is 17.3. The van der Waals surface area contributed by atoms with E-state index in [-0.39, 0.29) is 10.7 Å². The fourth-order valence-corrected chi connectivity index (χ4v) is 3.56. The Morgan fingerprint density at radius 1 is 1.17 bits per heavy atom. The van der Waals surface area contributed by atoms with Gasteiger partial charge in [-0.1, -0.05) is 13.8 Å². The van der Waals surface area contributed by atoms with Crippen molar-refractivity contribution in [2.75, 3.05) is 31.6 Å². The number of hydrogen-bond donors (Lipinski definition) is 1. The third-order valence-corrected chi connectivity index (χ3v) is 5.39. The van der Waals surface area contributed by atoms with Gasteiger partial charge in [-0.15, -0.1) is 0 Å². The van der Waals surface area contributed by atoms with Crippen LogP contribution in [0.4, 0.5) is 5.69 Å². The Morgan fingerprint density at radius 3 is 2.35 bits per heavy atom. The zero-order valence-corrected chi connectivity index (χ0v) is 13.9. The summed E-state index contributed by atoms with van der Waals surface area (Å²) in [5, 5.41) is 2.63. The maximum Gasteiger partial charge on any atom is 0.294 e. The summed E-state index contributed by atoms with van der Waals surface area (Å²) in [7, 11) is -3.50. The van der Waals surface area contributed by atoms with E-state index in [0.717, 1.165) is 0 Å². The number of carbonyl (C=O) groups excluding carboxylic acids is 1. The molecule has 1 amide bonds. The number of carbonyl (C=O) groups is 1. The summed E-state index contributed by atoms with van der Waals surface area (Å²) in [6.07, 6.45) is 1.26. The first-order valence-electron chi connectivity index (χ1n) is 7.35. The molecule has 1 aliphatic rings. The van der Waals surface area contributed by atoms with Gasteiger partial charge in [-0.25, -0.2) is 8.42 Å². The molecule has 2 rings (SSSR count). The molecule has 0 aromatic heterocycles. The minimum atomic E-state index is -3.50. The zero-order chi connectivity index (χ0) is 16.9. The Labute approximate surface area is 135 Å².